The average Bonchev–Trinajstić information content (AvgIpc) is 2.69. The molecule has 0 aromatic carbocycles. The smallest absolute Gasteiger partial charge is 0.372 e. The van der Waals surface area contributed by atoms with Crippen LogP contribution in [-0.2, 0) is 6.54 Å². The van der Waals surface area contributed by atoms with Crippen molar-refractivity contribution in [2.75, 3.05) is 0 Å². The fraction of sp³-hybridized carbons (Fsp3) is 0.100. The number of furan rings is 1. The van der Waals surface area contributed by atoms with E-state index in [0.717, 1.165) is 4.68 Å². The van der Waals surface area contributed by atoms with E-state index in [1.807, 2.05) is 0 Å². The molecule has 2 rings (SSSR count). The molecule has 2 aromatic heterocycles. The lowest BCUT2D eigenvalue weighted by molar-refractivity contribution is 0.0660. The molecule has 6 heteroatoms. The molecule has 0 fully saturated rings. The van der Waals surface area contributed by atoms with Crippen molar-refractivity contribution in [3.05, 3.63) is 52.3 Å². The molecule has 1 N–H and O–H groups in total. The van der Waals surface area contributed by atoms with Gasteiger partial charge in [-0.25, -0.2) is 9.48 Å². The van der Waals surface area contributed by atoms with E-state index >= 15 is 0 Å². The summed E-state index contributed by atoms with van der Waals surface area (Å²) in [4.78, 5) is 22.1. The summed E-state index contributed by atoms with van der Waals surface area (Å²) in [6.07, 6.45) is 2.73. The maximum Gasteiger partial charge on any atom is 0.372 e. The second kappa shape index (κ2) is 4.01. The topological polar surface area (TPSA) is 85.3 Å². The van der Waals surface area contributed by atoms with Gasteiger partial charge in [0.15, 0.2) is 0 Å². The van der Waals surface area contributed by atoms with Crippen molar-refractivity contribution in [2.24, 2.45) is 0 Å². The monoisotopic (exact) mass is 220 g/mol. The molecule has 0 amide bonds. The number of aromatic carboxylic acids is 1. The third kappa shape index (κ3) is 1.85. The summed E-state index contributed by atoms with van der Waals surface area (Å²) in [7, 11) is 0. The van der Waals surface area contributed by atoms with Crippen LogP contribution in [0.4, 0.5) is 0 Å². The van der Waals surface area contributed by atoms with Gasteiger partial charge in [0.1, 0.15) is 0 Å². The molecule has 0 aliphatic carbocycles. The lowest BCUT2D eigenvalue weighted by Gasteiger charge is -2.01. The van der Waals surface area contributed by atoms with Crippen molar-refractivity contribution >= 4 is 5.97 Å². The van der Waals surface area contributed by atoms with Gasteiger partial charge in [0.05, 0.1) is 12.8 Å². The van der Waals surface area contributed by atoms with E-state index in [1.54, 1.807) is 0 Å². The van der Waals surface area contributed by atoms with Crippen molar-refractivity contribution in [2.45, 2.75) is 6.54 Å². The van der Waals surface area contributed by atoms with Gasteiger partial charge in [-0.3, -0.25) is 4.79 Å². The zero-order chi connectivity index (χ0) is 11.5. The lowest BCUT2D eigenvalue weighted by Crippen LogP contribution is -2.22. The van der Waals surface area contributed by atoms with Gasteiger partial charge in [-0.2, -0.15) is 5.10 Å². The molecule has 0 saturated carbocycles. The number of carboxylic acid groups (broad SMARTS) is 1. The van der Waals surface area contributed by atoms with E-state index in [4.69, 9.17) is 9.52 Å². The lowest BCUT2D eigenvalue weighted by atomic mass is 10.2. The van der Waals surface area contributed by atoms with Crippen molar-refractivity contribution in [1.29, 1.82) is 0 Å². The van der Waals surface area contributed by atoms with Gasteiger partial charge in [0.25, 0.3) is 5.56 Å². The maximum atomic E-state index is 11.3. The molecular weight excluding hydrogens is 212 g/mol. The van der Waals surface area contributed by atoms with Crippen LogP contribution in [0.2, 0.25) is 0 Å². The summed E-state index contributed by atoms with van der Waals surface area (Å²) in [5, 5.41) is 12.6. The Morgan fingerprint density at radius 2 is 2.31 bits per heavy atom. The molecule has 0 spiro atoms. The second-order valence-electron chi connectivity index (χ2n) is 3.10. The zero-order valence-electron chi connectivity index (χ0n) is 8.16. The Kier molecular flexibility index (Phi) is 2.55. The molecule has 16 heavy (non-hydrogen) atoms. The Morgan fingerprint density at radius 3 is 3.00 bits per heavy atom. The highest BCUT2D eigenvalue weighted by Crippen LogP contribution is 2.10. The standard InChI is InChI=1S/C10H8N2O4/c13-8-2-1-4-11-12(8)6-7-3-5-16-9(7)10(14)15/h1-5H,6H2,(H,14,15). The molecule has 0 unspecified atom stereocenters. The van der Waals surface area contributed by atoms with Gasteiger partial charge in [0.2, 0.25) is 5.76 Å². The Labute approximate surface area is 89.7 Å². The molecule has 0 bridgehead atoms. The van der Waals surface area contributed by atoms with Crippen LogP contribution in [-0.4, -0.2) is 20.9 Å². The molecule has 0 atom stereocenters. The van der Waals surface area contributed by atoms with Gasteiger partial charge >= 0.3 is 5.97 Å². The maximum absolute atomic E-state index is 11.3. The van der Waals surface area contributed by atoms with E-state index in [9.17, 15) is 9.59 Å². The van der Waals surface area contributed by atoms with Crippen LogP contribution in [0.25, 0.3) is 0 Å². The quantitative estimate of drug-likeness (QED) is 0.817. The fourth-order valence-corrected chi connectivity index (χ4v) is 1.32. The first kappa shape index (κ1) is 10.2. The summed E-state index contributed by atoms with van der Waals surface area (Å²) < 4.78 is 5.96. The van der Waals surface area contributed by atoms with Crippen molar-refractivity contribution in [1.82, 2.24) is 9.78 Å². The van der Waals surface area contributed by atoms with Gasteiger partial charge < -0.3 is 9.52 Å². The number of carboxylic acids is 1. The third-order valence-electron chi connectivity index (χ3n) is 2.05. The van der Waals surface area contributed by atoms with E-state index < -0.39 is 5.97 Å². The zero-order valence-corrected chi connectivity index (χ0v) is 8.16. The third-order valence-corrected chi connectivity index (χ3v) is 2.05. The fourth-order valence-electron chi connectivity index (χ4n) is 1.32. The molecule has 0 aliphatic heterocycles. The molecule has 0 aliphatic rings. The van der Waals surface area contributed by atoms with Crippen LogP contribution in [0.3, 0.4) is 0 Å². The SMILES string of the molecule is O=C(O)c1occc1Cn1ncccc1=O. The number of aromatic nitrogens is 2. The summed E-state index contributed by atoms with van der Waals surface area (Å²) in [6.45, 7) is 0.0812. The Bertz CT molecular complexity index is 570. The summed E-state index contributed by atoms with van der Waals surface area (Å²) >= 11 is 0. The Hall–Kier alpha value is -2.37. The molecule has 2 aromatic rings. The van der Waals surface area contributed by atoms with Gasteiger partial charge in [-0.15, -0.1) is 0 Å². The van der Waals surface area contributed by atoms with Crippen molar-refractivity contribution < 1.29 is 14.3 Å². The Morgan fingerprint density at radius 1 is 1.50 bits per heavy atom. The largest absolute Gasteiger partial charge is 0.475 e. The molecule has 2 heterocycles. The first-order valence-corrected chi connectivity index (χ1v) is 4.50. The number of carbonyl (C=O) groups is 1. The minimum absolute atomic E-state index is 0.0812. The highest BCUT2D eigenvalue weighted by molar-refractivity contribution is 5.86. The van der Waals surface area contributed by atoms with Crippen LogP contribution < -0.4 is 5.56 Å². The molecule has 6 nitrogen and oxygen atoms in total. The van der Waals surface area contributed by atoms with Crippen molar-refractivity contribution in [3.63, 3.8) is 0 Å². The van der Waals surface area contributed by atoms with E-state index in [1.165, 1.54) is 30.7 Å². The number of nitrogens with zero attached hydrogens (tertiary/aromatic N) is 2. The number of rotatable bonds is 3. The van der Waals surface area contributed by atoms with Crippen LogP contribution in [0.1, 0.15) is 16.1 Å². The highest BCUT2D eigenvalue weighted by atomic mass is 16.4. The summed E-state index contributed by atoms with van der Waals surface area (Å²) in [5.41, 5.74) is 0.119. The Balaban J connectivity index is 2.35. The minimum Gasteiger partial charge on any atom is -0.475 e. The molecule has 82 valence electrons. The van der Waals surface area contributed by atoms with Gasteiger partial charge in [0, 0.05) is 17.8 Å². The minimum atomic E-state index is -1.16. The highest BCUT2D eigenvalue weighted by Gasteiger charge is 2.14. The summed E-state index contributed by atoms with van der Waals surface area (Å²) in [5.74, 6) is -1.33. The molecule has 0 radical (unpaired) electrons. The van der Waals surface area contributed by atoms with Crippen molar-refractivity contribution in [3.8, 4) is 0 Å². The van der Waals surface area contributed by atoms with E-state index in [0.29, 0.717) is 5.56 Å². The second-order valence-corrected chi connectivity index (χ2v) is 3.10. The van der Waals surface area contributed by atoms with Crippen LogP contribution in [0.5, 0.6) is 0 Å². The summed E-state index contributed by atoms with van der Waals surface area (Å²) in [6, 6.07) is 4.38. The average molecular weight is 220 g/mol. The first-order chi connectivity index (χ1) is 7.68. The van der Waals surface area contributed by atoms with Crippen LogP contribution >= 0.6 is 0 Å². The van der Waals surface area contributed by atoms with E-state index in [-0.39, 0.29) is 17.9 Å². The van der Waals surface area contributed by atoms with E-state index in [2.05, 4.69) is 5.10 Å². The normalized spacial score (nSPS) is 10.2. The van der Waals surface area contributed by atoms with Gasteiger partial charge in [-0.1, -0.05) is 0 Å². The number of hydrogen-bond acceptors (Lipinski definition) is 4. The predicted molar refractivity (Wildman–Crippen MR) is 53.3 cm³/mol. The first-order valence-electron chi connectivity index (χ1n) is 4.50. The van der Waals surface area contributed by atoms with Crippen LogP contribution in [0.15, 0.2) is 39.9 Å². The molecule has 0 saturated heterocycles. The van der Waals surface area contributed by atoms with Crippen LogP contribution in [0, 0.1) is 0 Å². The molecular formula is C10H8N2O4. The predicted octanol–water partition coefficient (Wildman–Crippen LogP) is 0.583. The van der Waals surface area contributed by atoms with Gasteiger partial charge in [-0.05, 0) is 12.1 Å². The number of hydrogen-bond donors (Lipinski definition) is 1.